The highest BCUT2D eigenvalue weighted by Gasteiger charge is 2.33. The van der Waals surface area contributed by atoms with Crippen LogP contribution in [0.5, 0.6) is 0 Å². The highest BCUT2D eigenvalue weighted by atomic mass is 19.1. The largest absolute Gasteiger partial charge is 0.315 e. The summed E-state index contributed by atoms with van der Waals surface area (Å²) in [6, 6.07) is 3.68. The molecule has 1 atom stereocenters. The Morgan fingerprint density at radius 1 is 1.20 bits per heavy atom. The maximum absolute atomic E-state index is 13.8. The molecule has 0 amide bonds. The van der Waals surface area contributed by atoms with Crippen LogP contribution in [0, 0.1) is 11.6 Å². The van der Waals surface area contributed by atoms with Crippen molar-refractivity contribution in [1.82, 2.24) is 10.2 Å². The van der Waals surface area contributed by atoms with Crippen molar-refractivity contribution in [2.75, 3.05) is 20.1 Å². The lowest BCUT2D eigenvalue weighted by Crippen LogP contribution is -2.57. The monoisotopic (exact) mass is 284 g/mol. The van der Waals surface area contributed by atoms with Crippen LogP contribution >= 0.6 is 0 Å². The Morgan fingerprint density at radius 3 is 2.30 bits per heavy atom. The van der Waals surface area contributed by atoms with Crippen molar-refractivity contribution in [1.29, 1.82) is 0 Å². The molecule has 0 fully saturated rings. The molecular formula is C16H26F2N2. The first-order chi connectivity index (χ1) is 9.36. The van der Waals surface area contributed by atoms with Crippen molar-refractivity contribution in [3.05, 3.63) is 35.4 Å². The van der Waals surface area contributed by atoms with E-state index < -0.39 is 5.82 Å². The van der Waals surface area contributed by atoms with Crippen LogP contribution in [0.4, 0.5) is 8.78 Å². The van der Waals surface area contributed by atoms with E-state index in [2.05, 4.69) is 37.9 Å². The molecule has 1 N–H and O–H groups in total. The minimum Gasteiger partial charge on any atom is -0.315 e. The predicted octanol–water partition coefficient (Wildman–Crippen LogP) is 3.22. The van der Waals surface area contributed by atoms with E-state index in [0.29, 0.717) is 12.0 Å². The second kappa shape index (κ2) is 7.14. The van der Waals surface area contributed by atoms with Gasteiger partial charge in [0.05, 0.1) is 0 Å². The normalized spacial score (nSPS) is 13.8. The van der Waals surface area contributed by atoms with E-state index in [1.54, 1.807) is 0 Å². The molecule has 0 aliphatic rings. The van der Waals surface area contributed by atoms with E-state index in [0.717, 1.165) is 19.2 Å². The zero-order valence-corrected chi connectivity index (χ0v) is 13.1. The molecule has 0 saturated carbocycles. The van der Waals surface area contributed by atoms with E-state index in [4.69, 9.17) is 0 Å². The van der Waals surface area contributed by atoms with Crippen LogP contribution in [0.25, 0.3) is 0 Å². The summed E-state index contributed by atoms with van der Waals surface area (Å²) in [6.07, 6.45) is 0.462. The fraction of sp³-hybridized carbons (Fsp3) is 0.625. The zero-order chi connectivity index (χ0) is 15.3. The molecule has 0 aliphatic carbocycles. The van der Waals surface area contributed by atoms with Crippen LogP contribution in [0.2, 0.25) is 0 Å². The minimum absolute atomic E-state index is 0.0405. The first kappa shape index (κ1) is 17.1. The second-order valence-corrected chi connectivity index (χ2v) is 5.61. The molecule has 0 spiro atoms. The Hall–Kier alpha value is -1.00. The quantitative estimate of drug-likeness (QED) is 0.827. The van der Waals surface area contributed by atoms with Gasteiger partial charge in [0.25, 0.3) is 0 Å². The smallest absolute Gasteiger partial charge is 0.126 e. The number of benzene rings is 1. The van der Waals surface area contributed by atoms with Gasteiger partial charge in [0.15, 0.2) is 0 Å². The number of nitrogens with zero attached hydrogens (tertiary/aromatic N) is 1. The predicted molar refractivity (Wildman–Crippen MR) is 79.9 cm³/mol. The molecule has 0 radical (unpaired) electrons. The summed E-state index contributed by atoms with van der Waals surface area (Å²) in [5.74, 6) is -0.737. The van der Waals surface area contributed by atoms with E-state index in [9.17, 15) is 8.78 Å². The number of hydrogen-bond acceptors (Lipinski definition) is 2. The molecule has 1 aromatic rings. The van der Waals surface area contributed by atoms with Gasteiger partial charge in [0.1, 0.15) is 11.6 Å². The molecule has 0 aromatic heterocycles. The lowest BCUT2D eigenvalue weighted by Gasteiger charge is -2.43. The van der Waals surface area contributed by atoms with Crippen LogP contribution in [-0.2, 0) is 6.42 Å². The third-order valence-electron chi connectivity index (χ3n) is 4.21. The molecule has 0 bridgehead atoms. The summed E-state index contributed by atoms with van der Waals surface area (Å²) in [7, 11) is 1.87. The summed E-state index contributed by atoms with van der Waals surface area (Å²) in [5, 5.41) is 3.26. The molecule has 0 aliphatic heterocycles. The molecule has 0 saturated heterocycles. The lowest BCUT2D eigenvalue weighted by atomic mass is 9.87. The van der Waals surface area contributed by atoms with Gasteiger partial charge in [-0.3, -0.25) is 4.90 Å². The van der Waals surface area contributed by atoms with E-state index in [1.165, 1.54) is 12.1 Å². The zero-order valence-electron chi connectivity index (χ0n) is 13.1. The van der Waals surface area contributed by atoms with Crippen LogP contribution < -0.4 is 5.32 Å². The van der Waals surface area contributed by atoms with Gasteiger partial charge in [0.2, 0.25) is 0 Å². The molecule has 114 valence electrons. The fourth-order valence-corrected chi connectivity index (χ4v) is 2.88. The Balaban J connectivity index is 2.99. The van der Waals surface area contributed by atoms with Crippen molar-refractivity contribution in [3.8, 4) is 0 Å². The van der Waals surface area contributed by atoms with Crippen molar-refractivity contribution in [3.63, 3.8) is 0 Å². The fourth-order valence-electron chi connectivity index (χ4n) is 2.88. The Labute approximate surface area is 121 Å². The Kier molecular flexibility index (Phi) is 6.08. The van der Waals surface area contributed by atoms with Gasteiger partial charge < -0.3 is 5.32 Å². The molecule has 4 heteroatoms. The van der Waals surface area contributed by atoms with Crippen LogP contribution in [0.1, 0.15) is 33.3 Å². The molecular weight excluding hydrogens is 258 g/mol. The first-order valence-corrected chi connectivity index (χ1v) is 7.23. The topological polar surface area (TPSA) is 15.3 Å². The molecule has 1 unspecified atom stereocenters. The van der Waals surface area contributed by atoms with Crippen LogP contribution in [-0.4, -0.2) is 36.6 Å². The van der Waals surface area contributed by atoms with Gasteiger partial charge >= 0.3 is 0 Å². The third kappa shape index (κ3) is 3.76. The summed E-state index contributed by atoms with van der Waals surface area (Å²) in [5.41, 5.74) is 0.279. The average Bonchev–Trinajstić information content (AvgIpc) is 2.40. The second-order valence-electron chi connectivity index (χ2n) is 5.61. The van der Waals surface area contributed by atoms with E-state index in [1.807, 2.05) is 7.05 Å². The number of likely N-dealkylation sites (N-methyl/N-ethyl adjacent to an activating group) is 2. The molecule has 2 nitrogen and oxygen atoms in total. The van der Waals surface area contributed by atoms with Crippen LogP contribution in [0.15, 0.2) is 18.2 Å². The number of halogens is 2. The Morgan fingerprint density at radius 2 is 1.80 bits per heavy atom. The molecule has 1 rings (SSSR count). The summed E-state index contributed by atoms with van der Waals surface area (Å²) in [4.78, 5) is 2.32. The Bertz CT molecular complexity index is 428. The van der Waals surface area contributed by atoms with Crippen molar-refractivity contribution in [2.24, 2.45) is 0 Å². The van der Waals surface area contributed by atoms with Gasteiger partial charge in [0, 0.05) is 11.6 Å². The van der Waals surface area contributed by atoms with Crippen molar-refractivity contribution >= 4 is 0 Å². The number of rotatable bonds is 7. The third-order valence-corrected chi connectivity index (χ3v) is 4.21. The minimum atomic E-state index is -0.392. The standard InChI is InChI=1S/C16H26F2N2/c1-6-20(7-2)16(3,4)15(19-5)11-12-10-13(17)8-9-14(12)18/h8-10,15,19H,6-7,11H2,1-5H3. The summed E-state index contributed by atoms with van der Waals surface area (Å²) in [6.45, 7) is 10.3. The molecule has 20 heavy (non-hydrogen) atoms. The van der Waals surface area contributed by atoms with Gasteiger partial charge in [-0.25, -0.2) is 8.78 Å². The van der Waals surface area contributed by atoms with Gasteiger partial charge in [-0.05, 0) is 64.2 Å². The highest BCUT2D eigenvalue weighted by Crippen LogP contribution is 2.23. The van der Waals surface area contributed by atoms with Crippen molar-refractivity contribution in [2.45, 2.75) is 45.7 Å². The van der Waals surface area contributed by atoms with Crippen molar-refractivity contribution < 1.29 is 8.78 Å². The SMILES string of the molecule is CCN(CC)C(C)(C)C(Cc1cc(F)ccc1F)NC. The maximum atomic E-state index is 13.8. The molecule has 0 heterocycles. The summed E-state index contributed by atoms with van der Waals surface area (Å²) >= 11 is 0. The summed E-state index contributed by atoms with van der Waals surface area (Å²) < 4.78 is 27.1. The molecule has 1 aromatic carbocycles. The average molecular weight is 284 g/mol. The highest BCUT2D eigenvalue weighted by molar-refractivity contribution is 5.21. The van der Waals surface area contributed by atoms with Gasteiger partial charge in [-0.1, -0.05) is 13.8 Å². The number of hydrogen-bond donors (Lipinski definition) is 1. The van der Waals surface area contributed by atoms with E-state index in [-0.39, 0.29) is 17.4 Å². The van der Waals surface area contributed by atoms with Crippen LogP contribution in [0.3, 0.4) is 0 Å². The maximum Gasteiger partial charge on any atom is 0.126 e. The van der Waals surface area contributed by atoms with E-state index >= 15 is 0 Å². The van der Waals surface area contributed by atoms with Gasteiger partial charge in [-0.2, -0.15) is 0 Å². The lowest BCUT2D eigenvalue weighted by molar-refractivity contribution is 0.0940. The first-order valence-electron chi connectivity index (χ1n) is 7.23. The number of nitrogens with one attached hydrogen (secondary N) is 1. The van der Waals surface area contributed by atoms with Gasteiger partial charge in [-0.15, -0.1) is 0 Å².